The number of piperidine rings is 1. The molecule has 0 bridgehead atoms. The molecule has 0 radical (unpaired) electrons. The zero-order valence-corrected chi connectivity index (χ0v) is 11.3. The van der Waals surface area contributed by atoms with Crippen LogP contribution in [0.5, 0.6) is 0 Å². The summed E-state index contributed by atoms with van der Waals surface area (Å²) >= 11 is 0. The Labute approximate surface area is 117 Å². The summed E-state index contributed by atoms with van der Waals surface area (Å²) in [5, 5.41) is 11.3. The summed E-state index contributed by atoms with van der Waals surface area (Å²) in [7, 11) is 0. The highest BCUT2D eigenvalue weighted by atomic mass is 16.5. The molecule has 2 unspecified atom stereocenters. The first-order valence-corrected chi connectivity index (χ1v) is 7.01. The Hall–Kier alpha value is -1.63. The smallest absolute Gasteiger partial charge is 0.332 e. The standard InChI is InChI=1S/C13H20N2O5/c16-11(15-6-2-1-3-7-15)8-14-12(17)9-4-5-10(20-9)13(18)19/h9-10H,1-8H2,(H,14,17)(H,18,19). The van der Waals surface area contributed by atoms with Gasteiger partial charge in [0.25, 0.3) is 0 Å². The zero-order chi connectivity index (χ0) is 14.5. The molecule has 0 aromatic rings. The topological polar surface area (TPSA) is 95.9 Å². The fraction of sp³-hybridized carbons (Fsp3) is 0.769. The highest BCUT2D eigenvalue weighted by molar-refractivity contribution is 5.87. The normalized spacial score (nSPS) is 26.3. The van der Waals surface area contributed by atoms with E-state index in [0.717, 1.165) is 32.4 Å². The Morgan fingerprint density at radius 2 is 1.75 bits per heavy atom. The number of carbonyl (C=O) groups is 3. The second-order valence-electron chi connectivity index (χ2n) is 5.19. The lowest BCUT2D eigenvalue weighted by atomic mass is 10.1. The zero-order valence-electron chi connectivity index (χ0n) is 11.3. The van der Waals surface area contributed by atoms with Crippen molar-refractivity contribution in [1.82, 2.24) is 10.2 Å². The van der Waals surface area contributed by atoms with Crippen molar-refractivity contribution in [3.05, 3.63) is 0 Å². The number of nitrogens with zero attached hydrogens (tertiary/aromatic N) is 1. The summed E-state index contributed by atoms with van der Waals surface area (Å²) in [6.45, 7) is 1.45. The van der Waals surface area contributed by atoms with Crippen LogP contribution in [0.4, 0.5) is 0 Å². The molecule has 0 aromatic heterocycles. The third kappa shape index (κ3) is 3.69. The molecular formula is C13H20N2O5. The molecule has 112 valence electrons. The molecule has 0 aliphatic carbocycles. The maximum atomic E-state index is 11.9. The molecule has 20 heavy (non-hydrogen) atoms. The SMILES string of the molecule is O=C(O)C1CCC(C(=O)NCC(=O)N2CCCCC2)O1. The van der Waals surface area contributed by atoms with E-state index in [1.807, 2.05) is 0 Å². The third-order valence-electron chi connectivity index (χ3n) is 3.71. The van der Waals surface area contributed by atoms with Gasteiger partial charge in [0.1, 0.15) is 6.10 Å². The molecule has 0 spiro atoms. The van der Waals surface area contributed by atoms with Crippen molar-refractivity contribution in [2.45, 2.75) is 44.3 Å². The van der Waals surface area contributed by atoms with Crippen molar-refractivity contribution < 1.29 is 24.2 Å². The van der Waals surface area contributed by atoms with Crippen LogP contribution in [0.1, 0.15) is 32.1 Å². The number of nitrogens with one attached hydrogen (secondary N) is 1. The number of likely N-dealkylation sites (tertiary alicyclic amines) is 1. The Morgan fingerprint density at radius 3 is 2.35 bits per heavy atom. The quantitative estimate of drug-likeness (QED) is 0.742. The van der Waals surface area contributed by atoms with Gasteiger partial charge in [-0.1, -0.05) is 0 Å². The van der Waals surface area contributed by atoms with E-state index in [4.69, 9.17) is 9.84 Å². The molecule has 2 rings (SSSR count). The van der Waals surface area contributed by atoms with Crippen LogP contribution in [0.25, 0.3) is 0 Å². The maximum Gasteiger partial charge on any atom is 0.332 e. The number of aliphatic carboxylic acids is 1. The van der Waals surface area contributed by atoms with Gasteiger partial charge < -0.3 is 20.1 Å². The van der Waals surface area contributed by atoms with E-state index in [9.17, 15) is 14.4 Å². The molecule has 2 atom stereocenters. The van der Waals surface area contributed by atoms with Gasteiger partial charge in [0.2, 0.25) is 11.8 Å². The van der Waals surface area contributed by atoms with E-state index in [0.29, 0.717) is 12.8 Å². The summed E-state index contributed by atoms with van der Waals surface area (Å²) in [6, 6.07) is 0. The monoisotopic (exact) mass is 284 g/mol. The van der Waals surface area contributed by atoms with Crippen molar-refractivity contribution in [3.8, 4) is 0 Å². The number of ether oxygens (including phenoxy) is 1. The average molecular weight is 284 g/mol. The second kappa shape index (κ2) is 6.69. The predicted octanol–water partition coefficient (Wildman–Crippen LogP) is -0.253. The van der Waals surface area contributed by atoms with Crippen molar-refractivity contribution in [2.75, 3.05) is 19.6 Å². The minimum absolute atomic E-state index is 0.0452. The molecule has 2 N–H and O–H groups in total. The molecule has 2 aliphatic heterocycles. The van der Waals surface area contributed by atoms with Crippen molar-refractivity contribution in [1.29, 1.82) is 0 Å². The number of carbonyl (C=O) groups excluding carboxylic acids is 2. The fourth-order valence-corrected chi connectivity index (χ4v) is 2.54. The van der Waals surface area contributed by atoms with Gasteiger partial charge in [-0.05, 0) is 32.1 Å². The summed E-state index contributed by atoms with van der Waals surface area (Å²) in [5.74, 6) is -1.55. The van der Waals surface area contributed by atoms with E-state index < -0.39 is 24.1 Å². The molecule has 2 amide bonds. The highest BCUT2D eigenvalue weighted by Gasteiger charge is 2.34. The molecular weight excluding hydrogens is 264 g/mol. The lowest BCUT2D eigenvalue weighted by Crippen LogP contribution is -2.45. The Balaban J connectivity index is 1.72. The summed E-state index contributed by atoms with van der Waals surface area (Å²) in [4.78, 5) is 36.1. The van der Waals surface area contributed by atoms with E-state index in [1.165, 1.54) is 0 Å². The van der Waals surface area contributed by atoms with Gasteiger partial charge in [-0.2, -0.15) is 0 Å². The van der Waals surface area contributed by atoms with Crippen LogP contribution >= 0.6 is 0 Å². The molecule has 2 saturated heterocycles. The number of carboxylic acid groups (broad SMARTS) is 1. The van der Waals surface area contributed by atoms with E-state index in [2.05, 4.69) is 5.32 Å². The maximum absolute atomic E-state index is 11.9. The van der Waals surface area contributed by atoms with Gasteiger partial charge in [-0.15, -0.1) is 0 Å². The molecule has 0 aromatic carbocycles. The second-order valence-corrected chi connectivity index (χ2v) is 5.19. The van der Waals surface area contributed by atoms with E-state index in [1.54, 1.807) is 4.90 Å². The van der Waals surface area contributed by atoms with Gasteiger partial charge >= 0.3 is 5.97 Å². The van der Waals surface area contributed by atoms with E-state index in [-0.39, 0.29) is 12.5 Å². The first-order chi connectivity index (χ1) is 9.58. The van der Waals surface area contributed by atoms with Crippen molar-refractivity contribution >= 4 is 17.8 Å². The largest absolute Gasteiger partial charge is 0.479 e. The van der Waals surface area contributed by atoms with Gasteiger partial charge in [0, 0.05) is 13.1 Å². The third-order valence-corrected chi connectivity index (χ3v) is 3.71. The van der Waals surface area contributed by atoms with Gasteiger partial charge in [0.15, 0.2) is 6.10 Å². The van der Waals surface area contributed by atoms with Gasteiger partial charge in [-0.25, -0.2) is 4.79 Å². The minimum Gasteiger partial charge on any atom is -0.479 e. The van der Waals surface area contributed by atoms with Crippen LogP contribution in [0.15, 0.2) is 0 Å². The van der Waals surface area contributed by atoms with Crippen LogP contribution in [-0.4, -0.2) is 59.6 Å². The number of amides is 2. The molecule has 2 fully saturated rings. The van der Waals surface area contributed by atoms with Crippen LogP contribution in [0.3, 0.4) is 0 Å². The fourth-order valence-electron chi connectivity index (χ4n) is 2.54. The molecule has 7 nitrogen and oxygen atoms in total. The number of hydrogen-bond donors (Lipinski definition) is 2. The van der Waals surface area contributed by atoms with Crippen LogP contribution in [0, 0.1) is 0 Å². The van der Waals surface area contributed by atoms with Crippen molar-refractivity contribution in [2.24, 2.45) is 0 Å². The Kier molecular flexibility index (Phi) is 4.94. The van der Waals surface area contributed by atoms with Gasteiger partial charge in [-0.3, -0.25) is 9.59 Å². The van der Waals surface area contributed by atoms with Crippen LogP contribution < -0.4 is 5.32 Å². The summed E-state index contributed by atoms with van der Waals surface area (Å²) in [6.07, 6.45) is 2.18. The lowest BCUT2D eigenvalue weighted by molar-refractivity contribution is -0.152. The lowest BCUT2D eigenvalue weighted by Gasteiger charge is -2.26. The minimum atomic E-state index is -1.05. The molecule has 2 heterocycles. The number of carboxylic acids is 1. The first kappa shape index (κ1) is 14.8. The highest BCUT2D eigenvalue weighted by Crippen LogP contribution is 2.19. The van der Waals surface area contributed by atoms with E-state index >= 15 is 0 Å². The summed E-state index contributed by atoms with van der Waals surface area (Å²) in [5.41, 5.74) is 0. The van der Waals surface area contributed by atoms with Crippen LogP contribution in [0.2, 0.25) is 0 Å². The van der Waals surface area contributed by atoms with Crippen molar-refractivity contribution in [3.63, 3.8) is 0 Å². The predicted molar refractivity (Wildman–Crippen MR) is 69.0 cm³/mol. The Bertz CT molecular complexity index is 392. The Morgan fingerprint density at radius 1 is 1.10 bits per heavy atom. The molecule has 7 heteroatoms. The number of hydrogen-bond acceptors (Lipinski definition) is 4. The molecule has 2 aliphatic rings. The first-order valence-electron chi connectivity index (χ1n) is 7.01. The average Bonchev–Trinajstić information content (AvgIpc) is 2.95. The summed E-state index contributed by atoms with van der Waals surface area (Å²) < 4.78 is 5.13. The number of rotatable bonds is 4. The molecule has 0 saturated carbocycles. The van der Waals surface area contributed by atoms with Crippen LogP contribution in [-0.2, 0) is 19.1 Å². The van der Waals surface area contributed by atoms with Gasteiger partial charge in [0.05, 0.1) is 6.54 Å².